The molecule has 0 fully saturated rings. The van der Waals surface area contributed by atoms with E-state index < -0.39 is 17.3 Å². The molecule has 4 nitrogen and oxygen atoms in total. The summed E-state index contributed by atoms with van der Waals surface area (Å²) in [6, 6.07) is 0. The molecule has 96 valence electrons. The summed E-state index contributed by atoms with van der Waals surface area (Å²) in [4.78, 5) is 36.5. The van der Waals surface area contributed by atoms with Gasteiger partial charge in [-0.3, -0.25) is 14.4 Å². The van der Waals surface area contributed by atoms with Gasteiger partial charge in [-0.05, 0) is 24.0 Å². The molecule has 2 aliphatic rings. The molecule has 0 saturated heterocycles. The van der Waals surface area contributed by atoms with Crippen molar-refractivity contribution in [2.75, 3.05) is 7.11 Å². The molecule has 0 bridgehead atoms. The first-order valence-electron chi connectivity index (χ1n) is 5.99. The monoisotopic (exact) mass is 248 g/mol. The van der Waals surface area contributed by atoms with E-state index in [0.717, 1.165) is 0 Å². The predicted molar refractivity (Wildman–Crippen MR) is 64.6 cm³/mol. The number of allylic oxidation sites excluding steroid dienone is 4. The molecular weight excluding hydrogens is 232 g/mol. The lowest BCUT2D eigenvalue weighted by Gasteiger charge is -2.44. The number of hydrogen-bond donors (Lipinski definition) is 0. The Morgan fingerprint density at radius 3 is 2.50 bits per heavy atom. The molecule has 0 spiro atoms. The standard InChI is InChI=1S/C14H16O4/c1-8-4-5-9(2)14(13(17)18-3)11(16)7-6-10(15)12(8)14/h4-9,12H,1-3H3/t8-,9+,12+,14+/m0/s1. The number of hydrogen-bond acceptors (Lipinski definition) is 4. The summed E-state index contributed by atoms with van der Waals surface area (Å²) in [5.74, 6) is -2.26. The maximum Gasteiger partial charge on any atom is 0.321 e. The van der Waals surface area contributed by atoms with Crippen LogP contribution in [-0.4, -0.2) is 24.6 Å². The maximum absolute atomic E-state index is 12.3. The smallest absolute Gasteiger partial charge is 0.321 e. The number of methoxy groups -OCH3 is 1. The van der Waals surface area contributed by atoms with Crippen LogP contribution in [0.2, 0.25) is 0 Å². The van der Waals surface area contributed by atoms with Gasteiger partial charge in [-0.15, -0.1) is 0 Å². The highest BCUT2D eigenvalue weighted by Crippen LogP contribution is 2.49. The summed E-state index contributed by atoms with van der Waals surface area (Å²) >= 11 is 0. The van der Waals surface area contributed by atoms with E-state index in [1.165, 1.54) is 19.3 Å². The quantitative estimate of drug-likeness (QED) is 0.399. The van der Waals surface area contributed by atoms with Gasteiger partial charge < -0.3 is 4.74 Å². The highest BCUT2D eigenvalue weighted by molar-refractivity contribution is 6.19. The molecule has 0 heterocycles. The molecule has 0 aromatic rings. The Balaban J connectivity index is 2.68. The topological polar surface area (TPSA) is 60.4 Å². The van der Waals surface area contributed by atoms with Gasteiger partial charge in [0, 0.05) is 0 Å². The van der Waals surface area contributed by atoms with Crippen LogP contribution < -0.4 is 0 Å². The Kier molecular flexibility index (Phi) is 2.97. The molecule has 2 rings (SSSR count). The second-order valence-corrected chi connectivity index (χ2v) is 4.97. The predicted octanol–water partition coefficient (Wildman–Crippen LogP) is 1.31. The van der Waals surface area contributed by atoms with Crippen LogP contribution in [0.15, 0.2) is 24.3 Å². The van der Waals surface area contributed by atoms with E-state index >= 15 is 0 Å². The lowest BCUT2D eigenvalue weighted by molar-refractivity contribution is -0.168. The molecule has 0 saturated carbocycles. The zero-order valence-corrected chi connectivity index (χ0v) is 10.7. The number of carbonyl (C=O) groups is 3. The number of fused-ring (bicyclic) bond motifs is 1. The SMILES string of the molecule is COC(=O)[C@]12C(=O)C=CC(=O)[C@H]1[C@@H](C)C=C[C@H]2C. The van der Waals surface area contributed by atoms with Crippen LogP contribution in [0.5, 0.6) is 0 Å². The third-order valence-electron chi connectivity index (χ3n) is 4.07. The molecule has 0 unspecified atom stereocenters. The molecule has 18 heavy (non-hydrogen) atoms. The molecule has 0 aromatic carbocycles. The molecule has 0 amide bonds. The lowest BCUT2D eigenvalue weighted by atomic mass is 9.55. The van der Waals surface area contributed by atoms with Crippen molar-refractivity contribution in [3.8, 4) is 0 Å². The summed E-state index contributed by atoms with van der Waals surface area (Å²) in [5.41, 5.74) is -1.38. The van der Waals surface area contributed by atoms with Gasteiger partial charge >= 0.3 is 5.97 Å². The van der Waals surface area contributed by atoms with E-state index in [4.69, 9.17) is 4.74 Å². The Morgan fingerprint density at radius 2 is 1.89 bits per heavy atom. The van der Waals surface area contributed by atoms with E-state index in [9.17, 15) is 14.4 Å². The Labute approximate surface area is 106 Å². The Hall–Kier alpha value is -1.71. The minimum absolute atomic E-state index is 0.151. The Bertz CT molecular complexity index is 474. The van der Waals surface area contributed by atoms with Crippen LogP contribution in [0, 0.1) is 23.2 Å². The van der Waals surface area contributed by atoms with E-state index in [2.05, 4.69) is 0 Å². The third-order valence-corrected chi connectivity index (χ3v) is 4.07. The molecular formula is C14H16O4. The van der Waals surface area contributed by atoms with E-state index in [-0.39, 0.29) is 23.4 Å². The maximum atomic E-state index is 12.3. The molecule has 0 N–H and O–H groups in total. The molecule has 4 atom stereocenters. The summed E-state index contributed by atoms with van der Waals surface area (Å²) in [5, 5.41) is 0. The number of carbonyl (C=O) groups excluding carboxylic acids is 3. The largest absolute Gasteiger partial charge is 0.468 e. The van der Waals surface area contributed by atoms with Crippen molar-refractivity contribution >= 4 is 17.5 Å². The fourth-order valence-corrected chi connectivity index (χ4v) is 3.15. The van der Waals surface area contributed by atoms with E-state index in [1.807, 2.05) is 19.1 Å². The van der Waals surface area contributed by atoms with Gasteiger partial charge in [0.05, 0.1) is 13.0 Å². The summed E-state index contributed by atoms with van der Waals surface area (Å²) in [6.45, 7) is 3.62. The highest BCUT2D eigenvalue weighted by Gasteiger charge is 2.61. The van der Waals surface area contributed by atoms with Crippen molar-refractivity contribution in [3.63, 3.8) is 0 Å². The van der Waals surface area contributed by atoms with E-state index in [0.29, 0.717) is 0 Å². The minimum Gasteiger partial charge on any atom is -0.468 e. The molecule has 4 heteroatoms. The zero-order chi connectivity index (χ0) is 13.5. The normalized spacial score (nSPS) is 38.5. The Morgan fingerprint density at radius 1 is 1.22 bits per heavy atom. The van der Waals surface area contributed by atoms with Crippen molar-refractivity contribution in [1.82, 2.24) is 0 Å². The average molecular weight is 248 g/mol. The van der Waals surface area contributed by atoms with Crippen LogP contribution in [0.3, 0.4) is 0 Å². The van der Waals surface area contributed by atoms with Gasteiger partial charge in [0.15, 0.2) is 11.6 Å². The fraction of sp³-hybridized carbons (Fsp3) is 0.500. The van der Waals surface area contributed by atoms with Gasteiger partial charge in [0.1, 0.15) is 5.41 Å². The highest BCUT2D eigenvalue weighted by atomic mass is 16.5. The van der Waals surface area contributed by atoms with Crippen LogP contribution in [0.25, 0.3) is 0 Å². The van der Waals surface area contributed by atoms with Crippen LogP contribution >= 0.6 is 0 Å². The lowest BCUT2D eigenvalue weighted by Crippen LogP contribution is -2.57. The van der Waals surface area contributed by atoms with Crippen molar-refractivity contribution < 1.29 is 19.1 Å². The zero-order valence-electron chi connectivity index (χ0n) is 10.7. The second kappa shape index (κ2) is 4.19. The second-order valence-electron chi connectivity index (χ2n) is 4.97. The number of esters is 1. The number of ether oxygens (including phenoxy) is 1. The molecule has 2 aliphatic carbocycles. The first kappa shape index (κ1) is 12.7. The molecule has 0 aliphatic heterocycles. The van der Waals surface area contributed by atoms with Crippen molar-refractivity contribution in [1.29, 1.82) is 0 Å². The number of rotatable bonds is 1. The summed E-state index contributed by atoms with van der Waals surface area (Å²) < 4.78 is 4.81. The van der Waals surface area contributed by atoms with Crippen LogP contribution in [-0.2, 0) is 19.1 Å². The minimum atomic E-state index is -1.38. The molecule has 0 aromatic heterocycles. The average Bonchev–Trinajstić information content (AvgIpc) is 2.36. The van der Waals surface area contributed by atoms with E-state index in [1.54, 1.807) is 6.92 Å². The van der Waals surface area contributed by atoms with Gasteiger partial charge in [-0.1, -0.05) is 26.0 Å². The third kappa shape index (κ3) is 1.41. The first-order valence-corrected chi connectivity index (χ1v) is 5.99. The van der Waals surface area contributed by atoms with Crippen molar-refractivity contribution in [2.45, 2.75) is 13.8 Å². The van der Waals surface area contributed by atoms with Crippen molar-refractivity contribution in [2.24, 2.45) is 23.2 Å². The van der Waals surface area contributed by atoms with Crippen LogP contribution in [0.4, 0.5) is 0 Å². The van der Waals surface area contributed by atoms with Crippen LogP contribution in [0.1, 0.15) is 13.8 Å². The summed E-state index contributed by atoms with van der Waals surface area (Å²) in [6.07, 6.45) is 6.19. The van der Waals surface area contributed by atoms with Gasteiger partial charge in [0.2, 0.25) is 0 Å². The number of ketones is 2. The van der Waals surface area contributed by atoms with Gasteiger partial charge in [-0.25, -0.2) is 0 Å². The van der Waals surface area contributed by atoms with Crippen molar-refractivity contribution in [3.05, 3.63) is 24.3 Å². The molecule has 0 radical (unpaired) electrons. The summed E-state index contributed by atoms with van der Waals surface area (Å²) in [7, 11) is 1.25. The van der Waals surface area contributed by atoms with Gasteiger partial charge in [-0.2, -0.15) is 0 Å². The van der Waals surface area contributed by atoms with Gasteiger partial charge in [0.25, 0.3) is 0 Å². The first-order chi connectivity index (χ1) is 8.46. The fourth-order valence-electron chi connectivity index (χ4n) is 3.15.